The first-order valence-corrected chi connectivity index (χ1v) is 11.0. The fraction of sp³-hybridized carbons (Fsp3) is 0.273. The Morgan fingerprint density at radius 3 is 2.41 bits per heavy atom. The summed E-state index contributed by atoms with van der Waals surface area (Å²) in [6.07, 6.45) is 1.83. The molecule has 0 bridgehead atoms. The summed E-state index contributed by atoms with van der Waals surface area (Å²) in [5.41, 5.74) is -0.739. The van der Waals surface area contributed by atoms with E-state index in [0.717, 1.165) is 4.31 Å². The maximum absolute atomic E-state index is 13.5. The second-order valence-electron chi connectivity index (χ2n) is 7.02. The number of benzene rings is 2. The van der Waals surface area contributed by atoms with Gasteiger partial charge < -0.3 is 4.74 Å². The summed E-state index contributed by atoms with van der Waals surface area (Å²) in [6, 6.07) is 15.4. The number of Topliss-reactive ketones (excluding diaryl/α,β-unsaturated/α-hetero) is 1. The van der Waals surface area contributed by atoms with Crippen LogP contribution in [0.2, 0.25) is 0 Å². The molecule has 1 fully saturated rings. The van der Waals surface area contributed by atoms with Crippen LogP contribution in [0.25, 0.3) is 6.08 Å². The van der Waals surface area contributed by atoms with Gasteiger partial charge >= 0.3 is 5.97 Å². The molecule has 2 aliphatic rings. The van der Waals surface area contributed by atoms with Crippen molar-refractivity contribution < 1.29 is 22.7 Å². The third-order valence-electron chi connectivity index (χ3n) is 5.53. The maximum Gasteiger partial charge on any atom is 0.338 e. The van der Waals surface area contributed by atoms with Crippen molar-refractivity contribution in [3.05, 3.63) is 71.4 Å². The average molecular weight is 411 g/mol. The molecule has 2 aromatic carbocycles. The molecule has 2 heterocycles. The Balaban J connectivity index is 2.07. The zero-order valence-corrected chi connectivity index (χ0v) is 17.0. The van der Waals surface area contributed by atoms with Crippen LogP contribution in [0.15, 0.2) is 65.2 Å². The Kier molecular flexibility index (Phi) is 4.58. The van der Waals surface area contributed by atoms with Gasteiger partial charge in [0.2, 0.25) is 0 Å². The first kappa shape index (κ1) is 19.4. The number of allylic oxidation sites excluding steroid dienone is 1. The first-order valence-electron chi connectivity index (χ1n) is 9.53. The molecule has 0 aliphatic carbocycles. The normalized spacial score (nSPS) is 25.7. The Morgan fingerprint density at radius 2 is 1.76 bits per heavy atom. The van der Waals surface area contributed by atoms with E-state index in [9.17, 15) is 18.0 Å². The van der Waals surface area contributed by atoms with Gasteiger partial charge in [0.15, 0.2) is 11.3 Å². The molecule has 150 valence electrons. The fourth-order valence-electron chi connectivity index (χ4n) is 4.41. The van der Waals surface area contributed by atoms with E-state index in [-0.39, 0.29) is 23.0 Å². The molecular formula is C22H21NO5S. The number of ketones is 1. The molecule has 0 spiro atoms. The van der Waals surface area contributed by atoms with E-state index in [1.54, 1.807) is 56.3 Å². The Bertz CT molecular complexity index is 1120. The van der Waals surface area contributed by atoms with Crippen LogP contribution >= 0.6 is 0 Å². The molecule has 0 N–H and O–H groups in total. The summed E-state index contributed by atoms with van der Waals surface area (Å²) in [4.78, 5) is 26.7. The molecule has 1 saturated heterocycles. The Hall–Kier alpha value is -2.93. The zero-order valence-electron chi connectivity index (χ0n) is 16.2. The molecule has 0 amide bonds. The van der Waals surface area contributed by atoms with Gasteiger partial charge in [0.25, 0.3) is 10.0 Å². The molecule has 2 atom stereocenters. The molecule has 4 rings (SSSR count). The van der Waals surface area contributed by atoms with Crippen molar-refractivity contribution >= 4 is 27.9 Å². The minimum absolute atomic E-state index is 0.00713. The SMILES string of the molecule is CCOC(=O)[C@]12c3ccccc3S(=O)(=O)N1/C(=C/c1ccccc1)C(=O)[C@@H]2CC. The van der Waals surface area contributed by atoms with E-state index in [1.165, 1.54) is 12.1 Å². The van der Waals surface area contributed by atoms with Crippen molar-refractivity contribution in [1.29, 1.82) is 0 Å². The van der Waals surface area contributed by atoms with Gasteiger partial charge in [-0.25, -0.2) is 17.5 Å². The topological polar surface area (TPSA) is 80.8 Å². The summed E-state index contributed by atoms with van der Waals surface area (Å²) in [5.74, 6) is -1.96. The van der Waals surface area contributed by atoms with Crippen LogP contribution < -0.4 is 0 Å². The van der Waals surface area contributed by atoms with Gasteiger partial charge in [0.1, 0.15) is 0 Å². The lowest BCUT2D eigenvalue weighted by atomic mass is 9.77. The molecule has 6 nitrogen and oxygen atoms in total. The smallest absolute Gasteiger partial charge is 0.338 e. The van der Waals surface area contributed by atoms with Crippen molar-refractivity contribution in [1.82, 2.24) is 4.31 Å². The molecule has 2 aliphatic heterocycles. The van der Waals surface area contributed by atoms with Crippen LogP contribution in [0, 0.1) is 5.92 Å². The van der Waals surface area contributed by atoms with E-state index in [0.29, 0.717) is 17.5 Å². The molecule has 0 aromatic heterocycles. The number of esters is 1. The fourth-order valence-corrected chi connectivity index (χ4v) is 6.44. The van der Waals surface area contributed by atoms with Gasteiger partial charge in [-0.15, -0.1) is 0 Å². The largest absolute Gasteiger partial charge is 0.464 e. The number of fused-ring (bicyclic) bond motifs is 3. The highest BCUT2D eigenvalue weighted by Crippen LogP contribution is 2.57. The van der Waals surface area contributed by atoms with E-state index < -0.39 is 27.4 Å². The Labute approximate surface area is 169 Å². The summed E-state index contributed by atoms with van der Waals surface area (Å²) in [6.45, 7) is 3.52. The third kappa shape index (κ3) is 2.50. The lowest BCUT2D eigenvalue weighted by Crippen LogP contribution is -2.50. The van der Waals surface area contributed by atoms with Crippen LogP contribution in [0.4, 0.5) is 0 Å². The number of carbonyl (C=O) groups is 2. The predicted octanol–water partition coefficient (Wildman–Crippen LogP) is 3.10. The van der Waals surface area contributed by atoms with Gasteiger partial charge in [-0.1, -0.05) is 55.5 Å². The predicted molar refractivity (Wildman–Crippen MR) is 107 cm³/mol. The molecule has 29 heavy (non-hydrogen) atoms. The molecule has 2 aromatic rings. The molecule has 0 unspecified atom stereocenters. The maximum atomic E-state index is 13.5. The van der Waals surface area contributed by atoms with E-state index >= 15 is 0 Å². The molecule has 7 heteroatoms. The van der Waals surface area contributed by atoms with Crippen molar-refractivity contribution in [2.75, 3.05) is 6.61 Å². The van der Waals surface area contributed by atoms with Gasteiger partial charge in [-0.05, 0) is 31.1 Å². The molecule has 0 saturated carbocycles. The van der Waals surface area contributed by atoms with E-state index in [2.05, 4.69) is 0 Å². The van der Waals surface area contributed by atoms with E-state index in [4.69, 9.17) is 4.74 Å². The number of rotatable bonds is 4. The van der Waals surface area contributed by atoms with Crippen LogP contribution in [0.5, 0.6) is 0 Å². The van der Waals surface area contributed by atoms with Crippen molar-refractivity contribution in [2.45, 2.75) is 30.7 Å². The number of hydrogen-bond acceptors (Lipinski definition) is 5. The van der Waals surface area contributed by atoms with Crippen LogP contribution in [0.3, 0.4) is 0 Å². The highest BCUT2D eigenvalue weighted by molar-refractivity contribution is 7.89. The monoisotopic (exact) mass is 411 g/mol. The minimum atomic E-state index is -4.11. The number of nitrogens with zero attached hydrogens (tertiary/aromatic N) is 1. The van der Waals surface area contributed by atoms with Crippen LogP contribution in [0.1, 0.15) is 31.4 Å². The van der Waals surface area contributed by atoms with Gasteiger partial charge in [-0.3, -0.25) is 4.79 Å². The number of sulfonamides is 1. The van der Waals surface area contributed by atoms with Crippen molar-refractivity contribution in [2.24, 2.45) is 5.92 Å². The third-order valence-corrected chi connectivity index (χ3v) is 7.40. The number of ether oxygens (including phenoxy) is 1. The summed E-state index contributed by atoms with van der Waals surface area (Å²) >= 11 is 0. The number of carbonyl (C=O) groups excluding carboxylic acids is 2. The quantitative estimate of drug-likeness (QED) is 0.570. The summed E-state index contributed by atoms with van der Waals surface area (Å²) in [7, 11) is -4.11. The van der Waals surface area contributed by atoms with Gasteiger partial charge in [-0.2, -0.15) is 0 Å². The summed E-state index contributed by atoms with van der Waals surface area (Å²) < 4.78 is 33.4. The minimum Gasteiger partial charge on any atom is -0.464 e. The standard InChI is InChI=1S/C22H21NO5S/c1-3-16-20(24)18(14-15-10-6-5-7-11-15)23-22(16,21(25)28-4-2)17-12-8-9-13-19(17)29(23,26)27/h5-14,16H,3-4H2,1-2H3/b18-14+/t16-,22-/m0/s1. The van der Waals surface area contributed by atoms with Crippen molar-refractivity contribution in [3.8, 4) is 0 Å². The van der Waals surface area contributed by atoms with E-state index in [1.807, 2.05) is 6.07 Å². The lowest BCUT2D eigenvalue weighted by Gasteiger charge is -2.33. The zero-order chi connectivity index (χ0) is 20.8. The lowest BCUT2D eigenvalue weighted by molar-refractivity contribution is -0.157. The molecular weight excluding hydrogens is 390 g/mol. The average Bonchev–Trinajstić information content (AvgIpc) is 3.09. The van der Waals surface area contributed by atoms with Crippen molar-refractivity contribution in [3.63, 3.8) is 0 Å². The van der Waals surface area contributed by atoms with Crippen LogP contribution in [-0.2, 0) is 29.9 Å². The second-order valence-corrected chi connectivity index (χ2v) is 8.77. The second kappa shape index (κ2) is 6.84. The Morgan fingerprint density at radius 1 is 1.10 bits per heavy atom. The van der Waals surface area contributed by atoms with Gasteiger partial charge in [0.05, 0.1) is 23.1 Å². The molecule has 0 radical (unpaired) electrons. The van der Waals surface area contributed by atoms with Gasteiger partial charge in [0, 0.05) is 5.56 Å². The number of hydrogen-bond donors (Lipinski definition) is 0. The van der Waals surface area contributed by atoms with Crippen LogP contribution in [-0.4, -0.2) is 31.1 Å². The highest BCUT2D eigenvalue weighted by Gasteiger charge is 2.70. The summed E-state index contributed by atoms with van der Waals surface area (Å²) in [5, 5.41) is 0. The highest BCUT2D eigenvalue weighted by atomic mass is 32.2. The first-order chi connectivity index (χ1) is 13.9.